The first-order chi connectivity index (χ1) is 17.8. The van der Waals surface area contributed by atoms with Crippen molar-refractivity contribution in [3.63, 3.8) is 0 Å². The molecule has 0 bridgehead atoms. The van der Waals surface area contributed by atoms with Crippen LogP contribution in [-0.4, -0.2) is 9.97 Å². The molecule has 36 heavy (non-hydrogen) atoms. The van der Waals surface area contributed by atoms with Crippen molar-refractivity contribution >= 4 is 32.3 Å². The number of hydrogen-bond donors (Lipinski definition) is 0. The second-order valence-corrected chi connectivity index (χ2v) is 11.8. The van der Waals surface area contributed by atoms with Gasteiger partial charge in [-0.15, -0.1) is 0 Å². The van der Waals surface area contributed by atoms with Gasteiger partial charge in [-0.1, -0.05) is 87.9 Å². The molecule has 0 unspecified atom stereocenters. The summed E-state index contributed by atoms with van der Waals surface area (Å²) in [4.78, 5) is 11.9. The van der Waals surface area contributed by atoms with E-state index in [0.717, 1.165) is 32.8 Å². The lowest BCUT2D eigenvalue weighted by Gasteiger charge is -2.00. The maximum atomic E-state index is 4.91. The van der Waals surface area contributed by atoms with Gasteiger partial charge in [0, 0.05) is 48.2 Å². The molecule has 0 aromatic carbocycles. The molecule has 0 aliphatic heterocycles. The Morgan fingerprint density at radius 2 is 0.889 bits per heavy atom. The fourth-order valence-corrected chi connectivity index (χ4v) is 6.59. The molecule has 4 aromatic rings. The first-order valence-electron chi connectivity index (χ1n) is 14.0. The molecule has 4 nitrogen and oxygen atoms in total. The van der Waals surface area contributed by atoms with Crippen molar-refractivity contribution in [1.82, 2.24) is 9.97 Å². The first-order valence-corrected chi connectivity index (χ1v) is 15.7. The highest BCUT2D eigenvalue weighted by atomic mass is 32.1. The minimum atomic E-state index is 1.04. The highest BCUT2D eigenvalue weighted by Gasteiger charge is 2.15. The van der Waals surface area contributed by atoms with Gasteiger partial charge in [0.2, 0.25) is 0 Å². The Labute approximate surface area is 225 Å². The maximum absolute atomic E-state index is 4.91. The summed E-state index contributed by atoms with van der Waals surface area (Å²) in [6.45, 7) is 6.74. The van der Waals surface area contributed by atoms with Gasteiger partial charge in [-0.25, -0.2) is 19.1 Å². The van der Waals surface area contributed by atoms with Gasteiger partial charge in [0.15, 0.2) is 34.4 Å². The molecule has 0 aliphatic carbocycles. The summed E-state index contributed by atoms with van der Waals surface area (Å²) >= 11 is 3.39. The van der Waals surface area contributed by atoms with Crippen molar-refractivity contribution in [2.75, 3.05) is 0 Å². The summed E-state index contributed by atoms with van der Waals surface area (Å²) in [5.41, 5.74) is 2.36. The number of aromatic nitrogens is 4. The van der Waals surface area contributed by atoms with Crippen LogP contribution in [0.4, 0.5) is 0 Å². The van der Waals surface area contributed by atoms with E-state index in [1.54, 1.807) is 22.7 Å². The van der Waals surface area contributed by atoms with Crippen LogP contribution in [-0.2, 0) is 13.1 Å². The predicted molar refractivity (Wildman–Crippen MR) is 153 cm³/mol. The van der Waals surface area contributed by atoms with Crippen molar-refractivity contribution in [2.24, 2.45) is 0 Å². The zero-order valence-electron chi connectivity index (χ0n) is 22.1. The van der Waals surface area contributed by atoms with E-state index in [4.69, 9.17) is 9.97 Å². The van der Waals surface area contributed by atoms with E-state index in [1.807, 2.05) is 0 Å². The average molecular weight is 523 g/mol. The van der Waals surface area contributed by atoms with E-state index in [2.05, 4.69) is 72.0 Å². The van der Waals surface area contributed by atoms with Gasteiger partial charge in [-0.3, -0.25) is 0 Å². The number of pyridine rings is 2. The summed E-state index contributed by atoms with van der Waals surface area (Å²) in [6, 6.07) is 8.78. The summed E-state index contributed by atoms with van der Waals surface area (Å²) in [5, 5.41) is 2.12. The van der Waals surface area contributed by atoms with Gasteiger partial charge < -0.3 is 0 Å². The fourth-order valence-electron chi connectivity index (χ4n) is 4.54. The summed E-state index contributed by atoms with van der Waals surface area (Å²) in [6.07, 6.45) is 24.8. The molecule has 6 heteroatoms. The Morgan fingerprint density at radius 3 is 1.28 bits per heavy atom. The van der Waals surface area contributed by atoms with Crippen molar-refractivity contribution in [1.29, 1.82) is 0 Å². The number of thiazole rings is 2. The zero-order valence-corrected chi connectivity index (χ0v) is 23.8. The van der Waals surface area contributed by atoms with Gasteiger partial charge in [-0.05, 0) is 12.8 Å². The summed E-state index contributed by atoms with van der Waals surface area (Å²) in [7, 11) is 0. The average Bonchev–Trinajstić information content (AvgIpc) is 3.49. The molecular weight excluding hydrogens is 480 g/mol. The molecule has 0 saturated carbocycles. The standard InChI is InChI=1S/C30H42N4S2/c1-3-5-7-9-11-13-19-33-21-15-25(16-22-33)27-31-29-30(35-27)32-28(36-29)26-17-23-34(24-18-26)20-14-12-10-8-6-4-2/h15-18,21-24H,3-14,19-20H2,1-2H3/q+2. The molecule has 192 valence electrons. The van der Waals surface area contributed by atoms with Crippen LogP contribution < -0.4 is 9.13 Å². The van der Waals surface area contributed by atoms with Crippen molar-refractivity contribution in [3.8, 4) is 21.1 Å². The van der Waals surface area contributed by atoms with Gasteiger partial charge >= 0.3 is 0 Å². The van der Waals surface area contributed by atoms with Crippen LogP contribution in [0.1, 0.15) is 90.9 Å². The van der Waals surface area contributed by atoms with E-state index in [-0.39, 0.29) is 0 Å². The minimum absolute atomic E-state index is 1.04. The van der Waals surface area contributed by atoms with Crippen LogP contribution in [0.15, 0.2) is 49.1 Å². The van der Waals surface area contributed by atoms with Crippen LogP contribution in [0, 0.1) is 0 Å². The maximum Gasteiger partial charge on any atom is 0.169 e. The van der Waals surface area contributed by atoms with Crippen molar-refractivity contribution in [2.45, 2.75) is 104 Å². The highest BCUT2D eigenvalue weighted by molar-refractivity contribution is 7.29. The Bertz CT molecular complexity index is 1040. The lowest BCUT2D eigenvalue weighted by Crippen LogP contribution is -2.32. The van der Waals surface area contributed by atoms with Gasteiger partial charge in [0.1, 0.15) is 23.1 Å². The van der Waals surface area contributed by atoms with Crippen molar-refractivity contribution in [3.05, 3.63) is 49.1 Å². The van der Waals surface area contributed by atoms with E-state index >= 15 is 0 Å². The van der Waals surface area contributed by atoms with Gasteiger partial charge in [-0.2, -0.15) is 0 Å². The predicted octanol–water partition coefficient (Wildman–Crippen LogP) is 8.38. The molecule has 4 heterocycles. The second-order valence-electron chi connectivity index (χ2n) is 9.83. The fraction of sp³-hybridized carbons (Fsp3) is 0.533. The third-order valence-electron chi connectivity index (χ3n) is 6.79. The normalized spacial score (nSPS) is 11.5. The van der Waals surface area contributed by atoms with Crippen molar-refractivity contribution < 1.29 is 9.13 Å². The van der Waals surface area contributed by atoms with E-state index in [0.29, 0.717) is 0 Å². The highest BCUT2D eigenvalue weighted by Crippen LogP contribution is 2.36. The monoisotopic (exact) mass is 522 g/mol. The lowest BCUT2D eigenvalue weighted by atomic mass is 10.1. The summed E-state index contributed by atoms with van der Waals surface area (Å²) < 4.78 is 4.59. The van der Waals surface area contributed by atoms with Crippen LogP contribution in [0.25, 0.3) is 30.8 Å². The van der Waals surface area contributed by atoms with E-state index < -0.39 is 0 Å². The molecule has 0 saturated heterocycles. The van der Waals surface area contributed by atoms with Crippen LogP contribution in [0.3, 0.4) is 0 Å². The molecular formula is C30H42N4S2+2. The van der Waals surface area contributed by atoms with Crippen LogP contribution in [0.2, 0.25) is 0 Å². The van der Waals surface area contributed by atoms with Gasteiger partial charge in [0.25, 0.3) is 0 Å². The lowest BCUT2D eigenvalue weighted by molar-refractivity contribution is -0.697. The van der Waals surface area contributed by atoms with Crippen LogP contribution >= 0.6 is 22.7 Å². The molecule has 0 aliphatic rings. The summed E-state index contributed by atoms with van der Waals surface area (Å²) in [5.74, 6) is 0. The van der Waals surface area contributed by atoms with E-state index in [1.165, 1.54) is 88.2 Å². The van der Waals surface area contributed by atoms with E-state index in [9.17, 15) is 0 Å². The third kappa shape index (κ3) is 7.91. The molecule has 0 fully saturated rings. The molecule has 0 radical (unpaired) electrons. The number of unbranched alkanes of at least 4 members (excludes halogenated alkanes) is 10. The van der Waals surface area contributed by atoms with Gasteiger partial charge in [0.05, 0.1) is 0 Å². The molecule has 4 aromatic heterocycles. The Kier molecular flexibility index (Phi) is 10.8. The second kappa shape index (κ2) is 14.5. The molecule has 0 amide bonds. The molecule has 4 rings (SSSR count). The third-order valence-corrected chi connectivity index (χ3v) is 8.92. The first kappa shape index (κ1) is 26.9. The molecule has 0 spiro atoms. The number of nitrogens with zero attached hydrogens (tertiary/aromatic N) is 4. The Hall–Kier alpha value is -2.18. The quantitative estimate of drug-likeness (QED) is 0.109. The SMILES string of the molecule is CCCCCCCC[n+]1ccc(-c2nc3sc(-c4cc[n+](CCCCCCCC)cc4)nc3s2)cc1. The number of hydrogen-bond acceptors (Lipinski definition) is 4. The minimum Gasteiger partial charge on any atom is -0.223 e. The largest absolute Gasteiger partial charge is 0.223 e. The Morgan fingerprint density at radius 1 is 0.528 bits per heavy atom. The zero-order chi connectivity index (χ0) is 25.0. The topological polar surface area (TPSA) is 33.5 Å². The number of aryl methyl sites for hydroxylation is 2. The molecule has 0 N–H and O–H groups in total. The molecule has 0 atom stereocenters. The Balaban J connectivity index is 1.28. The number of rotatable bonds is 16. The smallest absolute Gasteiger partial charge is 0.169 e. The van der Waals surface area contributed by atoms with Crippen LogP contribution in [0.5, 0.6) is 0 Å². The number of fused-ring (bicyclic) bond motifs is 1.